The molecule has 4 nitrogen and oxygen atoms in total. The zero-order valence-electron chi connectivity index (χ0n) is 13.5. The minimum atomic E-state index is -1.84. The summed E-state index contributed by atoms with van der Waals surface area (Å²) in [5.74, 6) is -1.84. The molecule has 2 N–H and O–H groups in total. The Labute approximate surface area is 150 Å². The fraction of sp³-hybridized carbons (Fsp3) is 0.444. The third-order valence-corrected chi connectivity index (χ3v) is 5.50. The van der Waals surface area contributed by atoms with Gasteiger partial charge in [-0.2, -0.15) is 0 Å². The SMILES string of the molecule is CCCC(O)(O)c1sc(C2OCCO2)cc1Cc1cccc(Cl)c1. The van der Waals surface area contributed by atoms with Crippen LogP contribution in [0.2, 0.25) is 5.02 Å². The highest BCUT2D eigenvalue weighted by atomic mass is 35.5. The van der Waals surface area contributed by atoms with E-state index in [0.717, 1.165) is 16.0 Å². The first-order valence-electron chi connectivity index (χ1n) is 8.05. The molecule has 130 valence electrons. The van der Waals surface area contributed by atoms with Gasteiger partial charge in [0, 0.05) is 11.4 Å². The van der Waals surface area contributed by atoms with E-state index in [2.05, 4.69) is 0 Å². The second kappa shape index (κ2) is 7.52. The summed E-state index contributed by atoms with van der Waals surface area (Å²) < 4.78 is 11.1. The molecule has 1 aliphatic rings. The van der Waals surface area contributed by atoms with Gasteiger partial charge in [-0.3, -0.25) is 0 Å². The van der Waals surface area contributed by atoms with Crippen LogP contribution in [-0.2, 0) is 21.7 Å². The molecule has 0 radical (unpaired) electrons. The van der Waals surface area contributed by atoms with Gasteiger partial charge in [0.25, 0.3) is 0 Å². The molecule has 0 spiro atoms. The van der Waals surface area contributed by atoms with E-state index in [1.54, 1.807) is 0 Å². The van der Waals surface area contributed by atoms with Crippen molar-refractivity contribution >= 4 is 22.9 Å². The molecular weight excluding hydrogens is 348 g/mol. The lowest BCUT2D eigenvalue weighted by Gasteiger charge is -2.21. The highest BCUT2D eigenvalue weighted by Gasteiger charge is 2.32. The van der Waals surface area contributed by atoms with E-state index < -0.39 is 12.1 Å². The van der Waals surface area contributed by atoms with Crippen LogP contribution in [0.25, 0.3) is 0 Å². The Morgan fingerprint density at radius 3 is 2.67 bits per heavy atom. The fourth-order valence-corrected chi connectivity index (χ4v) is 4.30. The summed E-state index contributed by atoms with van der Waals surface area (Å²) in [4.78, 5) is 1.42. The average Bonchev–Trinajstić information content (AvgIpc) is 3.16. The van der Waals surface area contributed by atoms with Crippen molar-refractivity contribution in [1.82, 2.24) is 0 Å². The number of thiophene rings is 1. The van der Waals surface area contributed by atoms with Gasteiger partial charge in [-0.25, -0.2) is 0 Å². The zero-order valence-corrected chi connectivity index (χ0v) is 15.1. The Morgan fingerprint density at radius 2 is 2.00 bits per heavy atom. The quantitative estimate of drug-likeness (QED) is 0.757. The number of hydrogen-bond donors (Lipinski definition) is 2. The zero-order chi connectivity index (χ0) is 17.2. The van der Waals surface area contributed by atoms with Gasteiger partial charge in [-0.1, -0.05) is 37.1 Å². The van der Waals surface area contributed by atoms with E-state index in [0.29, 0.717) is 36.0 Å². The Kier molecular flexibility index (Phi) is 5.59. The number of hydrogen-bond acceptors (Lipinski definition) is 5. The van der Waals surface area contributed by atoms with Gasteiger partial charge in [0.15, 0.2) is 12.1 Å². The monoisotopic (exact) mass is 368 g/mol. The van der Waals surface area contributed by atoms with Crippen molar-refractivity contribution in [2.45, 2.75) is 38.3 Å². The summed E-state index contributed by atoms with van der Waals surface area (Å²) in [6.07, 6.45) is 1.11. The Balaban J connectivity index is 1.95. The van der Waals surface area contributed by atoms with Crippen LogP contribution < -0.4 is 0 Å². The van der Waals surface area contributed by atoms with Gasteiger partial charge in [-0.05, 0) is 35.7 Å². The first-order valence-corrected chi connectivity index (χ1v) is 9.24. The van der Waals surface area contributed by atoms with E-state index in [1.807, 2.05) is 37.3 Å². The average molecular weight is 369 g/mol. The molecule has 6 heteroatoms. The summed E-state index contributed by atoms with van der Waals surface area (Å²) in [6.45, 7) is 3.04. The van der Waals surface area contributed by atoms with Crippen LogP contribution in [-0.4, -0.2) is 23.4 Å². The number of ether oxygens (including phenoxy) is 2. The van der Waals surface area contributed by atoms with Gasteiger partial charge >= 0.3 is 0 Å². The summed E-state index contributed by atoms with van der Waals surface area (Å²) in [5, 5.41) is 21.7. The lowest BCUT2D eigenvalue weighted by atomic mass is 10.00. The van der Waals surface area contributed by atoms with Crippen LogP contribution in [0.4, 0.5) is 0 Å². The van der Waals surface area contributed by atoms with Crippen molar-refractivity contribution in [2.75, 3.05) is 13.2 Å². The highest BCUT2D eigenvalue weighted by molar-refractivity contribution is 7.12. The van der Waals surface area contributed by atoms with Gasteiger partial charge < -0.3 is 19.7 Å². The molecule has 1 aliphatic heterocycles. The highest BCUT2D eigenvalue weighted by Crippen LogP contribution is 2.39. The fourth-order valence-electron chi connectivity index (χ4n) is 2.89. The van der Waals surface area contributed by atoms with Crippen LogP contribution in [0.3, 0.4) is 0 Å². The van der Waals surface area contributed by atoms with Crippen LogP contribution in [0.15, 0.2) is 30.3 Å². The summed E-state index contributed by atoms with van der Waals surface area (Å²) in [5.41, 5.74) is 1.89. The summed E-state index contributed by atoms with van der Waals surface area (Å²) >= 11 is 7.41. The van der Waals surface area contributed by atoms with Crippen molar-refractivity contribution in [3.63, 3.8) is 0 Å². The maximum atomic E-state index is 10.5. The van der Waals surface area contributed by atoms with Crippen LogP contribution in [0.5, 0.6) is 0 Å². The van der Waals surface area contributed by atoms with Crippen molar-refractivity contribution in [1.29, 1.82) is 0 Å². The molecule has 0 atom stereocenters. The van der Waals surface area contributed by atoms with Crippen molar-refractivity contribution in [3.05, 3.63) is 56.2 Å². The third-order valence-electron chi connectivity index (χ3n) is 3.93. The summed E-state index contributed by atoms with van der Waals surface area (Å²) in [7, 11) is 0. The molecular formula is C18H21ClO4S. The van der Waals surface area contributed by atoms with Crippen LogP contribution >= 0.6 is 22.9 Å². The molecule has 0 aliphatic carbocycles. The lowest BCUT2D eigenvalue weighted by molar-refractivity contribution is -0.172. The predicted octanol–water partition coefficient (Wildman–Crippen LogP) is 3.98. The first-order chi connectivity index (χ1) is 11.5. The molecule has 1 saturated heterocycles. The minimum absolute atomic E-state index is 0.280. The largest absolute Gasteiger partial charge is 0.361 e. The molecule has 0 unspecified atom stereocenters. The van der Waals surface area contributed by atoms with Crippen molar-refractivity contribution in [3.8, 4) is 0 Å². The molecule has 3 rings (SSSR count). The normalized spacial score (nSPS) is 16.0. The second-order valence-corrected chi connectivity index (χ2v) is 7.47. The number of halogens is 1. The standard InChI is InChI=1S/C18H21ClO4S/c1-2-6-18(20,21)16-13(9-12-4-3-5-14(19)10-12)11-15(24-16)17-22-7-8-23-17/h3-5,10-11,17,20-21H,2,6-9H2,1H3. The Bertz CT molecular complexity index is 692. The number of aliphatic hydroxyl groups is 2. The van der Waals surface area contributed by atoms with Crippen LogP contribution in [0, 0.1) is 0 Å². The van der Waals surface area contributed by atoms with Crippen LogP contribution in [0.1, 0.15) is 46.9 Å². The van der Waals surface area contributed by atoms with Gasteiger partial charge in [0.2, 0.25) is 0 Å². The summed E-state index contributed by atoms with van der Waals surface area (Å²) in [6, 6.07) is 9.54. The van der Waals surface area contributed by atoms with Gasteiger partial charge in [-0.15, -0.1) is 11.3 Å². The minimum Gasteiger partial charge on any atom is -0.361 e. The molecule has 1 aromatic carbocycles. The molecule has 0 saturated carbocycles. The van der Waals surface area contributed by atoms with Crippen molar-refractivity contribution < 1.29 is 19.7 Å². The smallest absolute Gasteiger partial charge is 0.199 e. The molecule has 0 amide bonds. The molecule has 2 aromatic rings. The maximum absolute atomic E-state index is 10.5. The molecule has 1 aromatic heterocycles. The maximum Gasteiger partial charge on any atom is 0.199 e. The van der Waals surface area contributed by atoms with E-state index in [1.165, 1.54) is 11.3 Å². The Morgan fingerprint density at radius 1 is 1.25 bits per heavy atom. The molecule has 2 heterocycles. The Hall–Kier alpha value is -0.950. The topological polar surface area (TPSA) is 58.9 Å². The van der Waals surface area contributed by atoms with E-state index in [-0.39, 0.29) is 6.42 Å². The lowest BCUT2D eigenvalue weighted by Crippen LogP contribution is -2.24. The van der Waals surface area contributed by atoms with Crippen molar-refractivity contribution in [2.24, 2.45) is 0 Å². The number of rotatable bonds is 6. The number of benzene rings is 1. The van der Waals surface area contributed by atoms with E-state index in [4.69, 9.17) is 21.1 Å². The van der Waals surface area contributed by atoms with Gasteiger partial charge in [0.05, 0.1) is 23.0 Å². The second-order valence-electron chi connectivity index (χ2n) is 5.95. The van der Waals surface area contributed by atoms with E-state index in [9.17, 15) is 10.2 Å². The predicted molar refractivity (Wildman–Crippen MR) is 94.2 cm³/mol. The third kappa shape index (κ3) is 3.99. The van der Waals surface area contributed by atoms with E-state index >= 15 is 0 Å². The molecule has 24 heavy (non-hydrogen) atoms. The van der Waals surface area contributed by atoms with Gasteiger partial charge in [0.1, 0.15) is 0 Å². The molecule has 1 fully saturated rings. The first kappa shape index (κ1) is 17.9. The molecule has 0 bridgehead atoms.